The Balaban J connectivity index is 1.38. The Morgan fingerprint density at radius 1 is 1.23 bits per heavy atom. The molecule has 0 aliphatic carbocycles. The Labute approximate surface area is 151 Å². The SMILES string of the molecule is O=C(CCN1CCOC1=O)NCc1ccc(OCc2cccnc2)cc1. The molecule has 1 N–H and O–H groups in total. The molecule has 3 rings (SSSR count). The number of carbonyl (C=O) groups excluding carboxylic acids is 2. The third-order valence-electron chi connectivity index (χ3n) is 4.00. The van der Waals surface area contributed by atoms with E-state index >= 15 is 0 Å². The molecule has 1 aromatic carbocycles. The summed E-state index contributed by atoms with van der Waals surface area (Å²) in [6, 6.07) is 11.4. The lowest BCUT2D eigenvalue weighted by Crippen LogP contribution is -2.31. The average Bonchev–Trinajstić information content (AvgIpc) is 3.09. The highest BCUT2D eigenvalue weighted by molar-refractivity contribution is 5.77. The minimum absolute atomic E-state index is 0.0957. The van der Waals surface area contributed by atoms with E-state index in [0.29, 0.717) is 32.8 Å². The van der Waals surface area contributed by atoms with E-state index in [1.807, 2.05) is 36.4 Å². The topological polar surface area (TPSA) is 80.8 Å². The second kappa shape index (κ2) is 8.84. The number of aromatic nitrogens is 1. The highest BCUT2D eigenvalue weighted by atomic mass is 16.6. The Kier molecular flexibility index (Phi) is 6.03. The van der Waals surface area contributed by atoms with Gasteiger partial charge in [0, 0.05) is 37.5 Å². The number of nitrogens with one attached hydrogen (secondary N) is 1. The van der Waals surface area contributed by atoms with Gasteiger partial charge < -0.3 is 19.7 Å². The second-order valence-electron chi connectivity index (χ2n) is 5.92. The molecule has 1 aromatic heterocycles. The monoisotopic (exact) mass is 355 g/mol. The van der Waals surface area contributed by atoms with E-state index in [9.17, 15) is 9.59 Å². The third-order valence-corrected chi connectivity index (χ3v) is 4.00. The van der Waals surface area contributed by atoms with Crippen LogP contribution in [0.5, 0.6) is 5.75 Å². The first-order valence-electron chi connectivity index (χ1n) is 8.50. The van der Waals surface area contributed by atoms with Crippen LogP contribution in [-0.4, -0.2) is 41.6 Å². The van der Waals surface area contributed by atoms with E-state index in [2.05, 4.69) is 10.3 Å². The molecule has 0 spiro atoms. The molecule has 0 radical (unpaired) electrons. The van der Waals surface area contributed by atoms with Gasteiger partial charge in [0.1, 0.15) is 19.0 Å². The van der Waals surface area contributed by atoms with Crippen LogP contribution in [0.4, 0.5) is 4.79 Å². The van der Waals surface area contributed by atoms with Crippen molar-refractivity contribution in [1.29, 1.82) is 0 Å². The van der Waals surface area contributed by atoms with Crippen molar-refractivity contribution in [2.24, 2.45) is 0 Å². The maximum absolute atomic E-state index is 11.9. The van der Waals surface area contributed by atoms with Gasteiger partial charge in [0.25, 0.3) is 0 Å². The number of pyridine rings is 1. The van der Waals surface area contributed by atoms with Gasteiger partial charge in [-0.15, -0.1) is 0 Å². The normalized spacial score (nSPS) is 13.4. The fraction of sp³-hybridized carbons (Fsp3) is 0.316. The van der Waals surface area contributed by atoms with E-state index in [1.165, 1.54) is 4.90 Å². The van der Waals surface area contributed by atoms with Crippen molar-refractivity contribution in [3.05, 3.63) is 59.9 Å². The first kappa shape index (κ1) is 17.7. The predicted molar refractivity (Wildman–Crippen MR) is 94.4 cm³/mol. The Hall–Kier alpha value is -3.09. The second-order valence-corrected chi connectivity index (χ2v) is 5.92. The van der Waals surface area contributed by atoms with Crippen LogP contribution in [0.15, 0.2) is 48.8 Å². The van der Waals surface area contributed by atoms with Gasteiger partial charge in [0.05, 0.1) is 6.54 Å². The van der Waals surface area contributed by atoms with E-state index in [0.717, 1.165) is 16.9 Å². The molecule has 1 fully saturated rings. The molecule has 2 amide bonds. The standard InChI is InChI=1S/C19H21N3O4/c23-18(7-9-22-10-11-25-19(22)24)21-13-15-3-5-17(6-4-15)26-14-16-2-1-8-20-12-16/h1-6,8,12H,7,9-11,13-14H2,(H,21,23). The highest BCUT2D eigenvalue weighted by Crippen LogP contribution is 2.14. The molecule has 0 bridgehead atoms. The molecule has 7 nitrogen and oxygen atoms in total. The molecule has 7 heteroatoms. The van der Waals surface area contributed by atoms with Crippen LogP contribution in [0.25, 0.3) is 0 Å². The van der Waals surface area contributed by atoms with Crippen molar-refractivity contribution >= 4 is 12.0 Å². The number of carbonyl (C=O) groups is 2. The lowest BCUT2D eigenvalue weighted by Gasteiger charge is -2.12. The summed E-state index contributed by atoms with van der Waals surface area (Å²) < 4.78 is 10.5. The molecule has 0 atom stereocenters. The number of amides is 2. The molecule has 2 aromatic rings. The largest absolute Gasteiger partial charge is 0.489 e. The van der Waals surface area contributed by atoms with E-state index in [4.69, 9.17) is 9.47 Å². The molecule has 2 heterocycles. The fourth-order valence-electron chi connectivity index (χ4n) is 2.51. The van der Waals surface area contributed by atoms with Gasteiger partial charge >= 0.3 is 6.09 Å². The van der Waals surface area contributed by atoms with Crippen LogP contribution in [-0.2, 0) is 22.7 Å². The summed E-state index contributed by atoms with van der Waals surface area (Å²) in [6.45, 7) is 2.23. The van der Waals surface area contributed by atoms with Crippen molar-refractivity contribution < 1.29 is 19.1 Å². The number of hydrogen-bond donors (Lipinski definition) is 1. The van der Waals surface area contributed by atoms with Crippen molar-refractivity contribution in [2.75, 3.05) is 19.7 Å². The lowest BCUT2D eigenvalue weighted by atomic mass is 10.2. The molecule has 1 saturated heterocycles. The van der Waals surface area contributed by atoms with Gasteiger partial charge in [-0.1, -0.05) is 18.2 Å². The van der Waals surface area contributed by atoms with Crippen molar-refractivity contribution in [1.82, 2.24) is 15.2 Å². The van der Waals surface area contributed by atoms with E-state index < -0.39 is 0 Å². The van der Waals surface area contributed by atoms with Gasteiger partial charge in [-0.25, -0.2) is 4.79 Å². The minimum Gasteiger partial charge on any atom is -0.489 e. The molecule has 1 aliphatic rings. The average molecular weight is 355 g/mol. The Morgan fingerprint density at radius 3 is 2.77 bits per heavy atom. The highest BCUT2D eigenvalue weighted by Gasteiger charge is 2.21. The Bertz CT molecular complexity index is 734. The van der Waals surface area contributed by atoms with Crippen LogP contribution >= 0.6 is 0 Å². The van der Waals surface area contributed by atoms with E-state index in [1.54, 1.807) is 12.4 Å². The van der Waals surface area contributed by atoms with Crippen LogP contribution in [0.1, 0.15) is 17.5 Å². The number of nitrogens with zero attached hydrogens (tertiary/aromatic N) is 2. The fourth-order valence-corrected chi connectivity index (χ4v) is 2.51. The van der Waals surface area contributed by atoms with Crippen molar-refractivity contribution in [3.63, 3.8) is 0 Å². The quantitative estimate of drug-likeness (QED) is 0.784. The first-order chi connectivity index (χ1) is 12.7. The van der Waals surface area contributed by atoms with Crippen molar-refractivity contribution in [3.8, 4) is 5.75 Å². The number of rotatable bonds is 8. The summed E-state index contributed by atoms with van der Waals surface area (Å²) in [5, 5.41) is 2.85. The number of ether oxygens (including phenoxy) is 2. The summed E-state index contributed by atoms with van der Waals surface area (Å²) in [5.74, 6) is 0.665. The number of benzene rings is 1. The van der Waals surface area contributed by atoms with Gasteiger partial charge in [0.2, 0.25) is 5.91 Å². The lowest BCUT2D eigenvalue weighted by molar-refractivity contribution is -0.121. The smallest absolute Gasteiger partial charge is 0.409 e. The summed E-state index contributed by atoms with van der Waals surface area (Å²) in [6.07, 6.45) is 3.41. The van der Waals surface area contributed by atoms with Gasteiger partial charge in [0.15, 0.2) is 0 Å². The van der Waals surface area contributed by atoms with Crippen LogP contribution in [0, 0.1) is 0 Å². The predicted octanol–water partition coefficient (Wildman–Crippen LogP) is 2.12. The van der Waals surface area contributed by atoms with Gasteiger partial charge in [-0.2, -0.15) is 0 Å². The molecule has 0 unspecified atom stereocenters. The van der Waals surface area contributed by atoms with Gasteiger partial charge in [-0.05, 0) is 23.8 Å². The molecular weight excluding hydrogens is 334 g/mol. The van der Waals surface area contributed by atoms with Crippen molar-refractivity contribution in [2.45, 2.75) is 19.6 Å². The molecule has 1 aliphatic heterocycles. The zero-order valence-electron chi connectivity index (χ0n) is 14.4. The molecule has 136 valence electrons. The zero-order valence-corrected chi connectivity index (χ0v) is 14.4. The summed E-state index contributed by atoms with van der Waals surface area (Å²) in [4.78, 5) is 28.8. The minimum atomic E-state index is -0.348. The maximum atomic E-state index is 11.9. The number of cyclic esters (lactones) is 1. The summed E-state index contributed by atoms with van der Waals surface area (Å²) in [5.41, 5.74) is 1.98. The zero-order chi connectivity index (χ0) is 18.2. The van der Waals surface area contributed by atoms with Gasteiger partial charge in [-0.3, -0.25) is 9.78 Å². The molecule has 0 saturated carbocycles. The summed E-state index contributed by atoms with van der Waals surface area (Å²) in [7, 11) is 0. The number of hydrogen-bond acceptors (Lipinski definition) is 5. The van der Waals surface area contributed by atoms with E-state index in [-0.39, 0.29) is 18.4 Å². The summed E-state index contributed by atoms with van der Waals surface area (Å²) >= 11 is 0. The Morgan fingerprint density at radius 2 is 2.08 bits per heavy atom. The van der Waals surface area contributed by atoms with Crippen LogP contribution in [0.2, 0.25) is 0 Å². The molecular formula is C19H21N3O4. The first-order valence-corrected chi connectivity index (χ1v) is 8.50. The van der Waals surface area contributed by atoms with Crippen LogP contribution in [0.3, 0.4) is 0 Å². The van der Waals surface area contributed by atoms with Crippen LogP contribution < -0.4 is 10.1 Å². The molecule has 26 heavy (non-hydrogen) atoms. The maximum Gasteiger partial charge on any atom is 0.409 e. The third kappa shape index (κ3) is 5.20.